The summed E-state index contributed by atoms with van der Waals surface area (Å²) in [7, 11) is 4.74. The van der Waals surface area contributed by atoms with Crippen LogP contribution in [0.2, 0.25) is 10.0 Å². The van der Waals surface area contributed by atoms with E-state index in [4.69, 9.17) is 42.1 Å². The van der Waals surface area contributed by atoms with Crippen molar-refractivity contribution in [1.29, 1.82) is 0 Å². The second kappa shape index (κ2) is 16.4. The van der Waals surface area contributed by atoms with Gasteiger partial charge in [-0.3, -0.25) is 9.69 Å². The lowest BCUT2D eigenvalue weighted by Gasteiger charge is -2.44. The maximum Gasteiger partial charge on any atom is 0.333 e. The van der Waals surface area contributed by atoms with Gasteiger partial charge in [0.2, 0.25) is 0 Å². The van der Waals surface area contributed by atoms with E-state index >= 15 is 4.39 Å². The van der Waals surface area contributed by atoms with Crippen molar-refractivity contribution < 1.29 is 37.7 Å². The van der Waals surface area contributed by atoms with Gasteiger partial charge in [0.05, 0.1) is 20.6 Å². The number of carbonyl (C=O) groups is 2. The second-order valence-electron chi connectivity index (χ2n) is 13.1. The van der Waals surface area contributed by atoms with Gasteiger partial charge < -0.3 is 29.1 Å². The van der Waals surface area contributed by atoms with Gasteiger partial charge in [-0.2, -0.15) is 4.73 Å². The molecule has 13 heteroatoms. The van der Waals surface area contributed by atoms with Crippen LogP contribution in [0.5, 0.6) is 11.5 Å². The molecule has 274 valence electrons. The quantitative estimate of drug-likeness (QED) is 0.0842. The Morgan fingerprint density at radius 1 is 0.981 bits per heavy atom. The molecule has 0 spiro atoms. The van der Waals surface area contributed by atoms with Crippen LogP contribution >= 0.6 is 23.2 Å². The van der Waals surface area contributed by atoms with E-state index in [1.54, 1.807) is 72.6 Å². The highest BCUT2D eigenvalue weighted by atomic mass is 35.5. The van der Waals surface area contributed by atoms with Gasteiger partial charge in [0.25, 0.3) is 0 Å². The number of aromatic nitrogens is 1. The highest BCUT2D eigenvalue weighted by Gasteiger charge is 2.39. The number of likely N-dealkylation sites (N-methyl/N-ethyl adjacent to an activating group) is 1. The monoisotopic (exact) mass is 751 g/mol. The summed E-state index contributed by atoms with van der Waals surface area (Å²) in [4.78, 5) is 31.2. The van der Waals surface area contributed by atoms with Gasteiger partial charge in [-0.15, -0.1) is 0 Å². The first kappa shape index (κ1) is 37.2. The normalized spacial score (nSPS) is 19.0. The maximum absolute atomic E-state index is 15.2. The highest BCUT2D eigenvalue weighted by Crippen LogP contribution is 2.36. The maximum atomic E-state index is 15.2. The largest absolute Gasteiger partial charge is 0.619 e. The Morgan fingerprint density at radius 2 is 1.65 bits per heavy atom. The van der Waals surface area contributed by atoms with Crippen molar-refractivity contribution >= 4 is 40.8 Å². The average molecular weight is 753 g/mol. The van der Waals surface area contributed by atoms with E-state index in [0.29, 0.717) is 51.1 Å². The molecule has 1 aromatic heterocycles. The zero-order valence-electron chi connectivity index (χ0n) is 29.1. The van der Waals surface area contributed by atoms with Crippen molar-refractivity contribution in [3.8, 4) is 11.5 Å². The predicted octanol–water partition coefficient (Wildman–Crippen LogP) is 6.67. The van der Waals surface area contributed by atoms with E-state index < -0.39 is 29.9 Å². The van der Waals surface area contributed by atoms with Crippen LogP contribution in [0.3, 0.4) is 0 Å². The summed E-state index contributed by atoms with van der Waals surface area (Å²) in [6.07, 6.45) is 3.24. The fourth-order valence-electron chi connectivity index (χ4n) is 7.01. The van der Waals surface area contributed by atoms with Crippen molar-refractivity contribution in [3.63, 3.8) is 0 Å². The van der Waals surface area contributed by atoms with Crippen LogP contribution in [0.25, 0.3) is 0 Å². The highest BCUT2D eigenvalue weighted by molar-refractivity contribution is 6.35. The van der Waals surface area contributed by atoms with Crippen molar-refractivity contribution in [2.24, 2.45) is 5.92 Å². The topological polar surface area (TPSA) is 104 Å². The number of pyridine rings is 1. The molecule has 3 aromatic carbocycles. The summed E-state index contributed by atoms with van der Waals surface area (Å²) in [6.45, 7) is 2.70. The molecule has 4 aromatic rings. The standard InChI is InChI=1S/C39H40Cl2FN3O7/c1-43(38(28-6-4-5-7-32(28)42)39(47)52-36-23-44-16-14-25(36)15-17-44)27-11-8-24(9-12-27)18-37(46)51-34(20-29-30(40)21-45(48)22-31(29)41)26-10-13-33(49-2)35(19-26)50-3/h4-13,19,21-22,25,34,36,38H,14-18,20,23H2,1-3H3/t34-,36-,38?/m0/s1. The molecule has 7 rings (SSSR count). The Hall–Kier alpha value is -4.58. The second-order valence-corrected chi connectivity index (χ2v) is 13.9. The number of anilines is 1. The molecular weight excluding hydrogens is 712 g/mol. The summed E-state index contributed by atoms with van der Waals surface area (Å²) >= 11 is 12.8. The smallest absolute Gasteiger partial charge is 0.333 e. The number of esters is 2. The Kier molecular flexibility index (Phi) is 11.7. The number of rotatable bonds is 13. The van der Waals surface area contributed by atoms with Crippen LogP contribution in [0.1, 0.15) is 47.2 Å². The molecule has 2 bridgehead atoms. The summed E-state index contributed by atoms with van der Waals surface area (Å²) in [6, 6.07) is 17.4. The number of ether oxygens (including phenoxy) is 4. The number of nitrogens with zero attached hydrogens (tertiary/aromatic N) is 3. The Bertz CT molecular complexity index is 1880. The van der Waals surface area contributed by atoms with Gasteiger partial charge in [-0.25, -0.2) is 9.18 Å². The third-order valence-electron chi connectivity index (χ3n) is 9.87. The number of benzene rings is 3. The zero-order valence-corrected chi connectivity index (χ0v) is 30.6. The van der Waals surface area contributed by atoms with Crippen molar-refractivity contribution in [3.05, 3.63) is 122 Å². The number of piperidine rings is 3. The van der Waals surface area contributed by atoms with Crippen LogP contribution in [0.4, 0.5) is 10.1 Å². The Labute approximate surface area is 312 Å². The van der Waals surface area contributed by atoms with E-state index in [1.807, 2.05) is 0 Å². The van der Waals surface area contributed by atoms with Crippen molar-refractivity contribution in [1.82, 2.24) is 4.90 Å². The van der Waals surface area contributed by atoms with Crippen LogP contribution in [-0.2, 0) is 31.9 Å². The van der Waals surface area contributed by atoms with E-state index in [-0.39, 0.29) is 34.6 Å². The summed E-state index contributed by atoms with van der Waals surface area (Å²) in [5, 5.41) is 12.1. The fraction of sp³-hybridized carbons (Fsp3) is 0.359. The van der Waals surface area contributed by atoms with Crippen LogP contribution < -0.4 is 19.1 Å². The fourth-order valence-corrected chi connectivity index (χ4v) is 7.60. The predicted molar refractivity (Wildman–Crippen MR) is 194 cm³/mol. The molecule has 0 amide bonds. The number of carbonyl (C=O) groups excluding carboxylic acids is 2. The molecular formula is C39H40Cl2FN3O7. The number of methoxy groups -OCH3 is 2. The first-order chi connectivity index (χ1) is 25.0. The van der Waals surface area contributed by atoms with Crippen molar-refractivity contribution in [2.45, 2.75) is 43.9 Å². The van der Waals surface area contributed by atoms with E-state index in [2.05, 4.69) is 4.90 Å². The third kappa shape index (κ3) is 8.38. The molecule has 4 heterocycles. The van der Waals surface area contributed by atoms with Crippen molar-refractivity contribution in [2.75, 3.05) is 45.8 Å². The molecule has 0 N–H and O–H groups in total. The van der Waals surface area contributed by atoms with E-state index in [0.717, 1.165) is 25.9 Å². The lowest BCUT2D eigenvalue weighted by molar-refractivity contribution is -0.605. The summed E-state index contributed by atoms with van der Waals surface area (Å²) in [5.41, 5.74) is 2.52. The van der Waals surface area contributed by atoms with E-state index in [1.165, 1.54) is 32.7 Å². The molecule has 0 saturated carbocycles. The van der Waals surface area contributed by atoms with Gasteiger partial charge in [0, 0.05) is 36.8 Å². The van der Waals surface area contributed by atoms with Gasteiger partial charge in [0.15, 0.2) is 29.9 Å². The minimum absolute atomic E-state index is 0.0800. The number of hydrogen-bond acceptors (Lipinski definition) is 9. The van der Waals surface area contributed by atoms with Gasteiger partial charge in [0.1, 0.15) is 28.1 Å². The molecule has 3 fully saturated rings. The molecule has 3 saturated heterocycles. The first-order valence-corrected chi connectivity index (χ1v) is 17.8. The molecule has 3 aliphatic heterocycles. The van der Waals surface area contributed by atoms with E-state index in [9.17, 15) is 14.8 Å². The first-order valence-electron chi connectivity index (χ1n) is 17.0. The van der Waals surface area contributed by atoms with Crippen LogP contribution in [0.15, 0.2) is 79.1 Å². The Balaban J connectivity index is 1.19. The zero-order chi connectivity index (χ0) is 36.9. The molecule has 10 nitrogen and oxygen atoms in total. The number of fused-ring (bicyclic) bond motifs is 3. The molecule has 3 atom stereocenters. The molecule has 52 heavy (non-hydrogen) atoms. The lowest BCUT2D eigenvalue weighted by atomic mass is 9.86. The molecule has 1 unspecified atom stereocenters. The SMILES string of the molecule is COc1ccc([C@H](Cc2c(Cl)c[n+]([O-])cc2Cl)OC(=O)Cc2ccc(N(C)C(C(=O)O[C@H]3CN4CCC3CC4)c3ccccc3F)cc2)cc1OC. The average Bonchev–Trinajstić information content (AvgIpc) is 3.14. The summed E-state index contributed by atoms with van der Waals surface area (Å²) in [5.74, 6) is -0.313. The minimum Gasteiger partial charge on any atom is -0.619 e. The van der Waals surface area contributed by atoms with Crippen LogP contribution in [0, 0.1) is 16.9 Å². The van der Waals surface area contributed by atoms with Gasteiger partial charge in [-0.05, 0) is 73.3 Å². The molecule has 3 aliphatic rings. The number of halogens is 3. The van der Waals surface area contributed by atoms with Gasteiger partial charge >= 0.3 is 11.9 Å². The molecule has 0 radical (unpaired) electrons. The van der Waals surface area contributed by atoms with Gasteiger partial charge in [-0.1, -0.05) is 59.6 Å². The third-order valence-corrected chi connectivity index (χ3v) is 10.5. The minimum atomic E-state index is -1.03. The molecule has 0 aliphatic carbocycles. The Morgan fingerprint density at radius 3 is 2.27 bits per heavy atom. The number of hydrogen-bond donors (Lipinski definition) is 0. The van der Waals surface area contributed by atoms with Crippen LogP contribution in [-0.4, -0.2) is 63.8 Å². The lowest BCUT2D eigenvalue weighted by Crippen LogP contribution is -2.52. The summed E-state index contributed by atoms with van der Waals surface area (Å²) < 4.78 is 38.6.